The van der Waals surface area contributed by atoms with Gasteiger partial charge in [0.05, 0.1) is 9.79 Å². The van der Waals surface area contributed by atoms with E-state index in [1.54, 1.807) is 19.1 Å². The zero-order chi connectivity index (χ0) is 20.5. The second-order valence-corrected chi connectivity index (χ2v) is 11.6. The van der Waals surface area contributed by atoms with Gasteiger partial charge < -0.3 is 0 Å². The van der Waals surface area contributed by atoms with Crippen molar-refractivity contribution in [1.82, 2.24) is 3.71 Å². The van der Waals surface area contributed by atoms with Crippen molar-refractivity contribution >= 4 is 31.6 Å². The zero-order valence-corrected chi connectivity index (χ0v) is 18.2. The first-order chi connectivity index (χ1) is 12.4. The largest absolute Gasteiger partial charge is 0.256 e. The summed E-state index contributed by atoms with van der Waals surface area (Å²) in [4.78, 5) is -0.170. The van der Waals surface area contributed by atoms with Crippen LogP contribution in [0, 0.1) is 0 Å². The first-order valence-electron chi connectivity index (χ1n) is 8.55. The van der Waals surface area contributed by atoms with E-state index in [0.29, 0.717) is 15.2 Å². The Hall–Kier alpha value is -1.41. The van der Waals surface area contributed by atoms with Gasteiger partial charge in [-0.05, 0) is 53.8 Å². The van der Waals surface area contributed by atoms with Crippen LogP contribution in [0.1, 0.15) is 39.7 Å². The van der Waals surface area contributed by atoms with Crippen molar-refractivity contribution in [3.8, 4) is 0 Å². The highest BCUT2D eigenvalue weighted by Crippen LogP contribution is 2.28. The van der Waals surface area contributed by atoms with Gasteiger partial charge in [0.1, 0.15) is 0 Å². The molecule has 0 aromatic heterocycles. The predicted octanol–water partition coefficient (Wildman–Crippen LogP) is 4.43. The normalized spacial score (nSPS) is 13.1. The van der Waals surface area contributed by atoms with Gasteiger partial charge in [0, 0.05) is 11.6 Å². The second-order valence-electron chi connectivity index (χ2n) is 7.23. The van der Waals surface area contributed by atoms with Crippen LogP contribution in [0.5, 0.6) is 0 Å². The van der Waals surface area contributed by atoms with Gasteiger partial charge in [0.2, 0.25) is 0 Å². The molecule has 5 nitrogen and oxygen atoms in total. The molecule has 0 atom stereocenters. The average molecular weight is 430 g/mol. The van der Waals surface area contributed by atoms with E-state index in [1.807, 2.05) is 20.8 Å². The van der Waals surface area contributed by atoms with Gasteiger partial charge >= 0.3 is 0 Å². The third-order valence-corrected chi connectivity index (χ3v) is 8.67. The van der Waals surface area contributed by atoms with Gasteiger partial charge in [-0.15, -0.1) is 0 Å². The molecule has 0 aliphatic rings. The van der Waals surface area contributed by atoms with E-state index in [9.17, 15) is 16.8 Å². The van der Waals surface area contributed by atoms with E-state index in [1.165, 1.54) is 36.4 Å². The summed E-state index contributed by atoms with van der Waals surface area (Å²) in [5.41, 5.74) is 0.824. The lowest BCUT2D eigenvalue weighted by Gasteiger charge is -2.23. The summed E-state index contributed by atoms with van der Waals surface area (Å²) < 4.78 is 52.7. The highest BCUT2D eigenvalue weighted by atomic mass is 35.5. The van der Waals surface area contributed by atoms with Crippen LogP contribution in [-0.4, -0.2) is 27.1 Å². The molecule has 0 aliphatic heterocycles. The Bertz CT molecular complexity index is 991. The number of halogens is 1. The molecule has 0 bridgehead atoms. The Balaban J connectivity index is 2.52. The van der Waals surface area contributed by atoms with Gasteiger partial charge in [0.15, 0.2) is 0 Å². The number of rotatable bonds is 6. The van der Waals surface area contributed by atoms with Crippen LogP contribution in [-0.2, 0) is 25.5 Å². The first-order valence-corrected chi connectivity index (χ1v) is 11.8. The van der Waals surface area contributed by atoms with Gasteiger partial charge in [-0.2, -0.15) is 0 Å². The van der Waals surface area contributed by atoms with Crippen LogP contribution in [0.25, 0.3) is 0 Å². The Kier molecular flexibility index (Phi) is 6.41. The molecule has 0 saturated heterocycles. The van der Waals surface area contributed by atoms with Crippen molar-refractivity contribution in [2.45, 2.75) is 49.3 Å². The summed E-state index contributed by atoms with van der Waals surface area (Å²) in [5, 5.41) is 0.372. The Morgan fingerprint density at radius 3 is 1.59 bits per heavy atom. The molecule has 0 radical (unpaired) electrons. The lowest BCUT2D eigenvalue weighted by atomic mass is 9.87. The quantitative estimate of drug-likeness (QED) is 0.681. The molecule has 0 heterocycles. The molecule has 27 heavy (non-hydrogen) atoms. The summed E-state index contributed by atoms with van der Waals surface area (Å²) in [6.07, 6.45) is 0.353. The topological polar surface area (TPSA) is 71.5 Å². The lowest BCUT2D eigenvalue weighted by Crippen LogP contribution is -2.37. The molecular weight excluding hydrogens is 406 g/mol. The third-order valence-electron chi connectivity index (χ3n) is 4.07. The average Bonchev–Trinajstić information content (AvgIpc) is 2.59. The summed E-state index contributed by atoms with van der Waals surface area (Å²) in [6.45, 7) is 7.64. The molecule has 0 fully saturated rings. The van der Waals surface area contributed by atoms with Crippen LogP contribution in [0.4, 0.5) is 0 Å². The minimum absolute atomic E-state index is 0.0542. The number of benzene rings is 2. The van der Waals surface area contributed by atoms with E-state index in [4.69, 9.17) is 11.6 Å². The van der Waals surface area contributed by atoms with E-state index in [-0.39, 0.29) is 21.8 Å². The summed E-state index contributed by atoms with van der Waals surface area (Å²) in [7, 11) is -8.47. The maximum absolute atomic E-state index is 13.1. The minimum Gasteiger partial charge on any atom is -0.206 e. The maximum Gasteiger partial charge on any atom is 0.256 e. The molecular formula is C19H24ClNO4S2. The molecule has 8 heteroatoms. The van der Waals surface area contributed by atoms with Gasteiger partial charge in [-0.3, -0.25) is 0 Å². The molecule has 0 amide bonds. The zero-order valence-electron chi connectivity index (χ0n) is 15.8. The van der Waals surface area contributed by atoms with Crippen molar-refractivity contribution in [1.29, 1.82) is 0 Å². The van der Waals surface area contributed by atoms with Gasteiger partial charge in [-0.25, -0.2) is 16.8 Å². The predicted molar refractivity (Wildman–Crippen MR) is 108 cm³/mol. The molecule has 2 rings (SSSR count). The summed E-state index contributed by atoms with van der Waals surface area (Å²) >= 11 is 5.81. The van der Waals surface area contributed by atoms with Crippen molar-refractivity contribution < 1.29 is 16.8 Å². The van der Waals surface area contributed by atoms with Crippen LogP contribution in [0.15, 0.2) is 58.3 Å². The van der Waals surface area contributed by atoms with E-state index in [0.717, 1.165) is 5.56 Å². The maximum atomic E-state index is 13.1. The fraction of sp³-hybridized carbons (Fsp3) is 0.368. The summed E-state index contributed by atoms with van der Waals surface area (Å²) in [5.74, 6) is 0. The van der Waals surface area contributed by atoms with Crippen molar-refractivity contribution in [2.75, 3.05) is 6.54 Å². The monoisotopic (exact) mass is 429 g/mol. The first kappa shape index (κ1) is 21.9. The highest BCUT2D eigenvalue weighted by Gasteiger charge is 2.36. The lowest BCUT2D eigenvalue weighted by molar-refractivity contribution is 0.495. The number of nitrogens with zero attached hydrogens (tertiary/aromatic N) is 1. The molecule has 0 N–H and O–H groups in total. The van der Waals surface area contributed by atoms with Gasteiger partial charge in [-0.1, -0.05) is 55.1 Å². The fourth-order valence-electron chi connectivity index (χ4n) is 2.52. The van der Waals surface area contributed by atoms with Gasteiger partial charge in [0.25, 0.3) is 20.0 Å². The van der Waals surface area contributed by atoms with Crippen molar-refractivity contribution in [2.24, 2.45) is 0 Å². The third kappa shape index (κ3) is 4.71. The summed E-state index contributed by atoms with van der Waals surface area (Å²) in [6, 6.07) is 11.8. The van der Waals surface area contributed by atoms with E-state index >= 15 is 0 Å². The number of hydrogen-bond acceptors (Lipinski definition) is 4. The minimum atomic E-state index is -4.24. The highest BCUT2D eigenvalue weighted by molar-refractivity contribution is 8.04. The van der Waals surface area contributed by atoms with Crippen LogP contribution >= 0.6 is 11.6 Å². The van der Waals surface area contributed by atoms with Crippen LogP contribution in [0.2, 0.25) is 5.02 Å². The SMILES string of the molecule is CCCN(S(=O)(=O)c1ccc(Cl)cc1)S(=O)(=O)c1ccc(C(C)(C)C)cc1. The molecule has 0 aliphatic carbocycles. The second kappa shape index (κ2) is 7.91. The van der Waals surface area contributed by atoms with Crippen molar-refractivity contribution in [3.63, 3.8) is 0 Å². The molecule has 0 unspecified atom stereocenters. The number of hydrogen-bond donors (Lipinski definition) is 0. The molecule has 148 valence electrons. The molecule has 0 spiro atoms. The Morgan fingerprint density at radius 2 is 1.22 bits per heavy atom. The van der Waals surface area contributed by atoms with Crippen molar-refractivity contribution in [3.05, 3.63) is 59.1 Å². The molecule has 0 saturated carbocycles. The molecule has 2 aromatic rings. The number of sulfonamides is 2. The fourth-order valence-corrected chi connectivity index (χ4v) is 6.47. The standard InChI is InChI=1S/C19H24ClNO4S2/c1-5-14-21(27(24,25)18-12-8-16(20)9-13-18)26(22,23)17-10-6-15(7-11-17)19(2,3)4/h6-13H,5,14H2,1-4H3. The van der Waals surface area contributed by atoms with E-state index in [2.05, 4.69) is 0 Å². The Labute approximate surface area is 167 Å². The van der Waals surface area contributed by atoms with E-state index < -0.39 is 20.0 Å². The van der Waals surface area contributed by atoms with Crippen LogP contribution < -0.4 is 0 Å². The smallest absolute Gasteiger partial charge is 0.206 e. The Morgan fingerprint density at radius 1 is 0.815 bits per heavy atom. The van der Waals surface area contributed by atoms with Crippen LogP contribution in [0.3, 0.4) is 0 Å². The molecule has 2 aromatic carbocycles.